The van der Waals surface area contributed by atoms with Crippen LogP contribution in [0.3, 0.4) is 0 Å². The van der Waals surface area contributed by atoms with E-state index in [9.17, 15) is 4.79 Å². The zero-order valence-electron chi connectivity index (χ0n) is 15.6. The minimum atomic E-state index is -0.256. The Labute approximate surface area is 144 Å². The summed E-state index contributed by atoms with van der Waals surface area (Å²) >= 11 is 0. The van der Waals surface area contributed by atoms with E-state index in [-0.39, 0.29) is 24.0 Å². The van der Waals surface area contributed by atoms with Crippen molar-refractivity contribution in [2.45, 2.75) is 39.3 Å². The van der Waals surface area contributed by atoms with E-state index in [0.717, 1.165) is 12.3 Å². The molecule has 0 radical (unpaired) electrons. The molecule has 1 atom stereocenters. The Balaban J connectivity index is 2.64. The highest BCUT2D eigenvalue weighted by atomic mass is 16.3. The van der Waals surface area contributed by atoms with Crippen LogP contribution in [0, 0.1) is 0 Å². The van der Waals surface area contributed by atoms with Gasteiger partial charge in [-0.15, -0.1) is 0 Å². The van der Waals surface area contributed by atoms with E-state index in [1.807, 2.05) is 53.9 Å². The van der Waals surface area contributed by atoms with Gasteiger partial charge in [0, 0.05) is 18.6 Å². The first-order valence-corrected chi connectivity index (χ1v) is 8.26. The van der Waals surface area contributed by atoms with Crippen LogP contribution in [0.15, 0.2) is 27.8 Å². The number of likely N-dealkylation sites (N-methyl/N-ethyl adjacent to an activating group) is 1. The smallest absolute Gasteiger partial charge is 0.242 e. The molecule has 0 spiro atoms. The number of aliphatic imine (C=N–C) groups is 1. The third kappa shape index (κ3) is 7.50. The van der Waals surface area contributed by atoms with Crippen molar-refractivity contribution in [2.24, 2.45) is 4.99 Å². The van der Waals surface area contributed by atoms with Crippen LogP contribution in [0.5, 0.6) is 0 Å². The molecule has 3 N–H and O–H groups in total. The minimum Gasteiger partial charge on any atom is -0.468 e. The quantitative estimate of drug-likeness (QED) is 0.517. The van der Waals surface area contributed by atoms with Crippen LogP contribution in [0.2, 0.25) is 0 Å². The number of carbonyl (C=O) groups is 1. The largest absolute Gasteiger partial charge is 0.468 e. The number of guanidine groups is 1. The lowest BCUT2D eigenvalue weighted by Gasteiger charge is -2.24. The maximum absolute atomic E-state index is 11.9. The van der Waals surface area contributed by atoms with E-state index in [1.165, 1.54) is 0 Å². The van der Waals surface area contributed by atoms with Crippen molar-refractivity contribution < 1.29 is 9.21 Å². The molecular weight excluding hydrogens is 306 g/mol. The summed E-state index contributed by atoms with van der Waals surface area (Å²) in [6.45, 7) is 9.25. The van der Waals surface area contributed by atoms with Gasteiger partial charge in [0.25, 0.3) is 0 Å². The third-order valence-electron chi connectivity index (χ3n) is 3.20. The van der Waals surface area contributed by atoms with E-state index in [0.29, 0.717) is 12.5 Å². The molecule has 136 valence electrons. The second-order valence-electron chi connectivity index (χ2n) is 6.87. The summed E-state index contributed by atoms with van der Waals surface area (Å²) in [6, 6.07) is 3.90. The van der Waals surface area contributed by atoms with Gasteiger partial charge in [-0.3, -0.25) is 9.69 Å². The highest BCUT2D eigenvalue weighted by Gasteiger charge is 2.17. The zero-order valence-corrected chi connectivity index (χ0v) is 15.6. The van der Waals surface area contributed by atoms with Crippen LogP contribution in [0.4, 0.5) is 0 Å². The fourth-order valence-electron chi connectivity index (χ4n) is 2.16. The van der Waals surface area contributed by atoms with Crippen LogP contribution < -0.4 is 16.0 Å². The van der Waals surface area contributed by atoms with Crippen molar-refractivity contribution in [1.29, 1.82) is 0 Å². The second kappa shape index (κ2) is 9.32. The Morgan fingerprint density at radius 3 is 2.54 bits per heavy atom. The van der Waals surface area contributed by atoms with Gasteiger partial charge in [-0.05, 0) is 53.9 Å². The first-order valence-electron chi connectivity index (χ1n) is 8.26. The molecule has 0 aromatic carbocycles. The number of nitrogens with one attached hydrogen (secondary N) is 3. The molecule has 1 rings (SSSR count). The van der Waals surface area contributed by atoms with Gasteiger partial charge in [-0.2, -0.15) is 0 Å². The molecule has 24 heavy (non-hydrogen) atoms. The highest BCUT2D eigenvalue weighted by molar-refractivity contribution is 5.85. The SMILES string of the molecule is CCNC(=NCC(=O)NC(C)(C)C)NCC(c1ccco1)N(C)C. The van der Waals surface area contributed by atoms with Gasteiger partial charge >= 0.3 is 0 Å². The molecule has 7 nitrogen and oxygen atoms in total. The van der Waals surface area contributed by atoms with Gasteiger partial charge in [0.05, 0.1) is 12.3 Å². The lowest BCUT2D eigenvalue weighted by molar-refractivity contribution is -0.121. The monoisotopic (exact) mass is 337 g/mol. The van der Waals surface area contributed by atoms with Gasteiger partial charge in [-0.1, -0.05) is 0 Å². The highest BCUT2D eigenvalue weighted by Crippen LogP contribution is 2.17. The number of hydrogen-bond acceptors (Lipinski definition) is 4. The molecule has 0 saturated carbocycles. The molecule has 1 heterocycles. The Kier molecular flexibility index (Phi) is 7.78. The summed E-state index contributed by atoms with van der Waals surface area (Å²) < 4.78 is 5.50. The number of carbonyl (C=O) groups excluding carboxylic acids is 1. The molecule has 7 heteroatoms. The molecular formula is C17H31N5O2. The summed E-state index contributed by atoms with van der Waals surface area (Å²) in [5, 5.41) is 9.31. The number of nitrogens with zero attached hydrogens (tertiary/aromatic N) is 2. The fraction of sp³-hybridized carbons (Fsp3) is 0.647. The second-order valence-corrected chi connectivity index (χ2v) is 6.87. The van der Waals surface area contributed by atoms with Gasteiger partial charge in [-0.25, -0.2) is 4.99 Å². The Morgan fingerprint density at radius 1 is 1.33 bits per heavy atom. The average molecular weight is 337 g/mol. The van der Waals surface area contributed by atoms with Crippen molar-refractivity contribution in [3.05, 3.63) is 24.2 Å². The van der Waals surface area contributed by atoms with Crippen LogP contribution in [-0.4, -0.2) is 56.0 Å². The molecule has 1 unspecified atom stereocenters. The lowest BCUT2D eigenvalue weighted by atomic mass is 10.1. The van der Waals surface area contributed by atoms with Gasteiger partial charge in [0.15, 0.2) is 5.96 Å². The normalized spacial score (nSPS) is 13.7. The van der Waals surface area contributed by atoms with E-state index in [2.05, 4.69) is 25.8 Å². The lowest BCUT2D eigenvalue weighted by Crippen LogP contribution is -2.44. The molecule has 1 aromatic heterocycles. The van der Waals surface area contributed by atoms with Crippen molar-refractivity contribution >= 4 is 11.9 Å². The summed E-state index contributed by atoms with van der Waals surface area (Å²) in [4.78, 5) is 18.3. The maximum Gasteiger partial charge on any atom is 0.242 e. The predicted octanol–water partition coefficient (Wildman–Crippen LogP) is 1.35. The van der Waals surface area contributed by atoms with E-state index < -0.39 is 0 Å². The van der Waals surface area contributed by atoms with Crippen LogP contribution >= 0.6 is 0 Å². The molecule has 0 saturated heterocycles. The molecule has 0 aliphatic rings. The predicted molar refractivity (Wildman–Crippen MR) is 97.0 cm³/mol. The maximum atomic E-state index is 11.9. The van der Waals surface area contributed by atoms with Gasteiger partial charge in [0.2, 0.25) is 5.91 Å². The summed E-state index contributed by atoms with van der Waals surface area (Å²) in [7, 11) is 3.99. The summed E-state index contributed by atoms with van der Waals surface area (Å²) in [6.07, 6.45) is 1.67. The zero-order chi connectivity index (χ0) is 18.2. The van der Waals surface area contributed by atoms with Crippen LogP contribution in [0.1, 0.15) is 39.5 Å². The Bertz CT molecular complexity index is 518. The van der Waals surface area contributed by atoms with Crippen molar-refractivity contribution in [1.82, 2.24) is 20.9 Å². The summed E-state index contributed by atoms with van der Waals surface area (Å²) in [5.41, 5.74) is -0.256. The molecule has 0 bridgehead atoms. The van der Waals surface area contributed by atoms with Crippen molar-refractivity contribution in [2.75, 3.05) is 33.7 Å². The summed E-state index contributed by atoms with van der Waals surface area (Å²) in [5.74, 6) is 1.39. The Hall–Kier alpha value is -2.02. The number of furan rings is 1. The first-order chi connectivity index (χ1) is 11.2. The van der Waals surface area contributed by atoms with Crippen molar-refractivity contribution in [3.8, 4) is 0 Å². The number of rotatable bonds is 7. The average Bonchev–Trinajstić information content (AvgIpc) is 2.96. The molecule has 1 amide bonds. The topological polar surface area (TPSA) is 81.9 Å². The fourth-order valence-corrected chi connectivity index (χ4v) is 2.16. The Morgan fingerprint density at radius 2 is 2.04 bits per heavy atom. The van der Waals surface area contributed by atoms with Gasteiger partial charge in [0.1, 0.15) is 12.3 Å². The van der Waals surface area contributed by atoms with Crippen LogP contribution in [-0.2, 0) is 4.79 Å². The number of hydrogen-bond donors (Lipinski definition) is 3. The molecule has 0 aliphatic carbocycles. The van der Waals surface area contributed by atoms with Crippen molar-refractivity contribution in [3.63, 3.8) is 0 Å². The molecule has 0 fully saturated rings. The standard InChI is InChI=1S/C17H31N5O2/c1-7-18-16(20-12-15(23)21-17(2,3)4)19-11-13(22(5)6)14-9-8-10-24-14/h8-10,13H,7,11-12H2,1-6H3,(H,21,23)(H2,18,19,20). The molecule has 1 aromatic rings. The van der Waals surface area contributed by atoms with E-state index >= 15 is 0 Å². The van der Waals surface area contributed by atoms with E-state index in [4.69, 9.17) is 4.42 Å². The number of amides is 1. The third-order valence-corrected chi connectivity index (χ3v) is 3.20. The van der Waals surface area contributed by atoms with E-state index in [1.54, 1.807) is 6.26 Å². The van der Waals surface area contributed by atoms with Crippen LogP contribution in [0.25, 0.3) is 0 Å². The minimum absolute atomic E-state index is 0.0762. The molecule has 0 aliphatic heterocycles. The van der Waals surface area contributed by atoms with Gasteiger partial charge < -0.3 is 20.4 Å². The first kappa shape index (κ1) is 20.0.